The fourth-order valence-corrected chi connectivity index (χ4v) is 3.94. The summed E-state index contributed by atoms with van der Waals surface area (Å²) in [4.78, 5) is 14.0. The van der Waals surface area contributed by atoms with Crippen LogP contribution >= 0.6 is 12.6 Å². The summed E-state index contributed by atoms with van der Waals surface area (Å²) >= 11 is 4.38. The first-order chi connectivity index (χ1) is 9.48. The molecule has 1 atom stereocenters. The third-order valence-electron chi connectivity index (χ3n) is 3.42. The molecule has 1 aliphatic heterocycles. The van der Waals surface area contributed by atoms with E-state index in [1.165, 1.54) is 0 Å². The van der Waals surface area contributed by atoms with Gasteiger partial charge in [-0.25, -0.2) is 8.42 Å². The molecule has 110 valence electrons. The summed E-state index contributed by atoms with van der Waals surface area (Å²) in [6.45, 7) is 0.789. The zero-order valence-electron chi connectivity index (χ0n) is 11.2. The molecule has 1 fully saturated rings. The van der Waals surface area contributed by atoms with E-state index in [1.807, 2.05) is 30.3 Å². The number of carbonyl (C=O) groups is 1. The molecule has 0 aliphatic carbocycles. The van der Waals surface area contributed by atoms with Gasteiger partial charge in [-0.15, -0.1) is 0 Å². The number of thiol groups is 1. The molecule has 20 heavy (non-hydrogen) atoms. The van der Waals surface area contributed by atoms with E-state index in [9.17, 15) is 13.2 Å². The van der Waals surface area contributed by atoms with Crippen LogP contribution in [0.3, 0.4) is 0 Å². The molecule has 1 aromatic rings. The summed E-state index contributed by atoms with van der Waals surface area (Å²) in [5.74, 6) is 0.159. The zero-order chi connectivity index (χ0) is 14.6. The van der Waals surface area contributed by atoms with Crippen LogP contribution in [0.25, 0.3) is 0 Å². The summed E-state index contributed by atoms with van der Waals surface area (Å²) in [6, 6.07) is 9.71. The third-order valence-corrected chi connectivity index (χ3v) is 5.54. The van der Waals surface area contributed by atoms with Crippen molar-refractivity contribution in [1.29, 1.82) is 0 Å². The van der Waals surface area contributed by atoms with Crippen LogP contribution in [0.5, 0.6) is 0 Å². The molecule has 1 amide bonds. The van der Waals surface area contributed by atoms with Gasteiger partial charge in [0.1, 0.15) is 0 Å². The molecule has 0 radical (unpaired) electrons. The second-order valence-corrected chi connectivity index (χ2v) is 7.96. The van der Waals surface area contributed by atoms with Gasteiger partial charge in [0.15, 0.2) is 9.84 Å². The van der Waals surface area contributed by atoms with E-state index in [2.05, 4.69) is 12.6 Å². The Bertz CT molecular complexity index is 557. The molecule has 0 spiro atoms. The highest BCUT2D eigenvalue weighted by Gasteiger charge is 2.26. The molecule has 2 rings (SSSR count). The molecule has 1 heterocycles. The molecule has 1 aliphatic rings. The molecule has 0 saturated carbocycles. The maximum atomic E-state index is 12.3. The van der Waals surface area contributed by atoms with Gasteiger partial charge in [-0.3, -0.25) is 4.79 Å². The van der Waals surface area contributed by atoms with Crippen molar-refractivity contribution in [2.24, 2.45) is 0 Å². The molecular formula is C14H19NO3S2. The van der Waals surface area contributed by atoms with Crippen LogP contribution in [-0.2, 0) is 21.1 Å². The number of carbonyl (C=O) groups excluding carboxylic acids is 1. The molecule has 1 aromatic carbocycles. The Balaban J connectivity index is 1.96. The van der Waals surface area contributed by atoms with Gasteiger partial charge in [0, 0.05) is 13.1 Å². The number of amides is 1. The molecule has 0 aromatic heterocycles. The van der Waals surface area contributed by atoms with Gasteiger partial charge < -0.3 is 4.90 Å². The fourth-order valence-electron chi connectivity index (χ4n) is 2.29. The van der Waals surface area contributed by atoms with Gasteiger partial charge >= 0.3 is 0 Å². The lowest BCUT2D eigenvalue weighted by molar-refractivity contribution is -0.130. The molecular weight excluding hydrogens is 294 g/mol. The van der Waals surface area contributed by atoms with E-state index < -0.39 is 15.1 Å². The van der Waals surface area contributed by atoms with Gasteiger partial charge in [-0.2, -0.15) is 12.6 Å². The average molecular weight is 313 g/mol. The number of sulfone groups is 1. The highest BCUT2D eigenvalue weighted by molar-refractivity contribution is 7.91. The Kier molecular flexibility index (Phi) is 5.10. The molecule has 0 N–H and O–H groups in total. The second-order valence-electron chi connectivity index (χ2n) is 5.04. The Labute approximate surface area is 125 Å². The number of benzene rings is 1. The molecule has 1 saturated heterocycles. The van der Waals surface area contributed by atoms with Crippen molar-refractivity contribution in [3.8, 4) is 0 Å². The van der Waals surface area contributed by atoms with Crippen molar-refractivity contribution in [1.82, 2.24) is 4.90 Å². The van der Waals surface area contributed by atoms with Gasteiger partial charge in [-0.05, 0) is 18.4 Å². The lowest BCUT2D eigenvalue weighted by Crippen LogP contribution is -2.39. The summed E-state index contributed by atoms with van der Waals surface area (Å²) < 4.78 is 23.1. The first-order valence-corrected chi connectivity index (χ1v) is 9.03. The highest BCUT2D eigenvalue weighted by atomic mass is 32.2. The normalized spacial score (nSPS) is 20.1. The quantitative estimate of drug-likeness (QED) is 0.853. The lowest BCUT2D eigenvalue weighted by atomic mass is 10.1. The van der Waals surface area contributed by atoms with Crippen LogP contribution in [0.1, 0.15) is 12.0 Å². The van der Waals surface area contributed by atoms with Crippen LogP contribution in [0, 0.1) is 0 Å². The lowest BCUT2D eigenvalue weighted by Gasteiger charge is -2.23. The monoisotopic (exact) mass is 313 g/mol. The van der Waals surface area contributed by atoms with Crippen LogP contribution < -0.4 is 0 Å². The first-order valence-electron chi connectivity index (χ1n) is 6.69. The minimum Gasteiger partial charge on any atom is -0.341 e. The van der Waals surface area contributed by atoms with Crippen LogP contribution in [0.2, 0.25) is 0 Å². The van der Waals surface area contributed by atoms with E-state index >= 15 is 0 Å². The van der Waals surface area contributed by atoms with Crippen molar-refractivity contribution in [3.63, 3.8) is 0 Å². The Hall–Kier alpha value is -1.01. The van der Waals surface area contributed by atoms with Gasteiger partial charge in [0.05, 0.1) is 16.8 Å². The topological polar surface area (TPSA) is 54.5 Å². The van der Waals surface area contributed by atoms with E-state index in [-0.39, 0.29) is 24.0 Å². The molecule has 1 unspecified atom stereocenters. The average Bonchev–Trinajstić information content (AvgIpc) is 2.60. The Morgan fingerprint density at radius 3 is 2.60 bits per heavy atom. The zero-order valence-corrected chi connectivity index (χ0v) is 12.9. The van der Waals surface area contributed by atoms with Crippen molar-refractivity contribution in [2.45, 2.75) is 18.1 Å². The maximum absolute atomic E-state index is 12.3. The SMILES string of the molecule is O=C(C(S)Cc1ccccc1)N1CCCS(=O)(=O)CC1. The summed E-state index contributed by atoms with van der Waals surface area (Å²) in [5.41, 5.74) is 1.06. The van der Waals surface area contributed by atoms with Crippen LogP contribution in [-0.4, -0.2) is 49.1 Å². The maximum Gasteiger partial charge on any atom is 0.235 e. The summed E-state index contributed by atoms with van der Waals surface area (Å²) in [6.07, 6.45) is 1.08. The van der Waals surface area contributed by atoms with E-state index in [1.54, 1.807) is 4.90 Å². The van der Waals surface area contributed by atoms with Crippen molar-refractivity contribution in [3.05, 3.63) is 35.9 Å². The van der Waals surface area contributed by atoms with Crippen molar-refractivity contribution in [2.75, 3.05) is 24.6 Å². The summed E-state index contributed by atoms with van der Waals surface area (Å²) in [7, 11) is -2.99. The number of hydrogen-bond donors (Lipinski definition) is 1. The molecule has 6 heteroatoms. The molecule has 4 nitrogen and oxygen atoms in total. The van der Waals surface area contributed by atoms with Crippen molar-refractivity contribution < 1.29 is 13.2 Å². The van der Waals surface area contributed by atoms with E-state index in [0.717, 1.165) is 5.56 Å². The van der Waals surface area contributed by atoms with Crippen LogP contribution in [0.4, 0.5) is 0 Å². The predicted octanol–water partition coefficient (Wildman–Crippen LogP) is 1.17. The predicted molar refractivity (Wildman–Crippen MR) is 82.8 cm³/mol. The Morgan fingerprint density at radius 1 is 1.20 bits per heavy atom. The molecule has 0 bridgehead atoms. The largest absolute Gasteiger partial charge is 0.341 e. The summed E-state index contributed by atoms with van der Waals surface area (Å²) in [5, 5.41) is -0.418. The number of hydrogen-bond acceptors (Lipinski definition) is 4. The minimum absolute atomic E-state index is 0.0601. The van der Waals surface area contributed by atoms with Crippen molar-refractivity contribution >= 4 is 28.4 Å². The van der Waals surface area contributed by atoms with Gasteiger partial charge in [-0.1, -0.05) is 30.3 Å². The Morgan fingerprint density at radius 2 is 1.90 bits per heavy atom. The fraction of sp³-hybridized carbons (Fsp3) is 0.500. The van der Waals surface area contributed by atoms with Gasteiger partial charge in [0.25, 0.3) is 0 Å². The van der Waals surface area contributed by atoms with E-state index in [0.29, 0.717) is 19.4 Å². The number of rotatable bonds is 3. The standard InChI is InChI=1S/C14H19NO3S2/c16-14(13(19)11-12-5-2-1-3-6-12)15-7-4-9-20(17,18)10-8-15/h1-3,5-6,13,19H,4,7-11H2. The second kappa shape index (κ2) is 6.63. The number of nitrogens with zero attached hydrogens (tertiary/aromatic N) is 1. The highest BCUT2D eigenvalue weighted by Crippen LogP contribution is 2.13. The van der Waals surface area contributed by atoms with E-state index in [4.69, 9.17) is 0 Å². The van der Waals surface area contributed by atoms with Crippen LogP contribution in [0.15, 0.2) is 30.3 Å². The third kappa shape index (κ3) is 4.24. The smallest absolute Gasteiger partial charge is 0.235 e. The van der Waals surface area contributed by atoms with Gasteiger partial charge in [0.2, 0.25) is 5.91 Å². The minimum atomic E-state index is -2.99. The first kappa shape index (κ1) is 15.4.